The number of hydrogen-bond donors (Lipinski definition) is 3. The fourth-order valence-electron chi connectivity index (χ4n) is 0.947. The van der Waals surface area contributed by atoms with Crippen LogP contribution in [0.1, 0.15) is 0 Å². The zero-order valence-electron chi connectivity index (χ0n) is 6.86. The number of methoxy groups -OCH3 is 1. The van der Waals surface area contributed by atoms with E-state index in [-0.39, 0.29) is 11.2 Å². The second-order valence-corrected chi connectivity index (χ2v) is 2.42. The third kappa shape index (κ3) is 1.91. The number of phenols is 1. The smallest absolute Gasteiger partial charge is 0.492 e. The van der Waals surface area contributed by atoms with E-state index in [1.54, 1.807) is 0 Å². The summed E-state index contributed by atoms with van der Waals surface area (Å²) in [7, 11) is -0.688. The van der Waals surface area contributed by atoms with Crippen molar-refractivity contribution >= 4 is 12.6 Å². The van der Waals surface area contributed by atoms with Crippen LogP contribution >= 0.6 is 0 Å². The number of ether oxygens (including phenoxy) is 1. The van der Waals surface area contributed by atoms with Gasteiger partial charge in [0.15, 0.2) is 11.5 Å². The maximum absolute atomic E-state index is 12.7. The monoisotopic (exact) mass is 186 g/mol. The highest BCUT2D eigenvalue weighted by atomic mass is 19.1. The van der Waals surface area contributed by atoms with Crippen molar-refractivity contribution in [3.05, 3.63) is 17.9 Å². The van der Waals surface area contributed by atoms with Gasteiger partial charge in [0, 0.05) is 11.5 Å². The molecule has 0 heterocycles. The standard InChI is InChI=1S/C7H8BFO4/c1-13-6-3-4(9)2-5(7(6)10)8(11)12/h2-3,10-12H,1H3. The van der Waals surface area contributed by atoms with Crippen LogP contribution in [0.5, 0.6) is 11.5 Å². The van der Waals surface area contributed by atoms with Crippen molar-refractivity contribution in [3.8, 4) is 11.5 Å². The molecule has 0 aliphatic heterocycles. The molecule has 6 heteroatoms. The quantitative estimate of drug-likeness (QED) is 0.530. The Morgan fingerprint density at radius 2 is 2.00 bits per heavy atom. The van der Waals surface area contributed by atoms with E-state index in [2.05, 4.69) is 4.74 Å². The molecule has 0 fully saturated rings. The molecule has 3 N–H and O–H groups in total. The zero-order chi connectivity index (χ0) is 10.0. The van der Waals surface area contributed by atoms with Gasteiger partial charge < -0.3 is 19.9 Å². The summed E-state index contributed by atoms with van der Waals surface area (Å²) in [6.07, 6.45) is 0. The van der Waals surface area contributed by atoms with E-state index < -0.39 is 18.7 Å². The predicted octanol–water partition coefficient (Wildman–Crippen LogP) is -0.780. The van der Waals surface area contributed by atoms with Crippen LogP contribution in [-0.4, -0.2) is 29.4 Å². The molecule has 1 aromatic carbocycles. The minimum absolute atomic E-state index is 0.136. The third-order valence-electron chi connectivity index (χ3n) is 1.57. The van der Waals surface area contributed by atoms with E-state index in [0.29, 0.717) is 0 Å². The average Bonchev–Trinajstić information content (AvgIpc) is 2.08. The molecule has 4 nitrogen and oxygen atoms in total. The van der Waals surface area contributed by atoms with Crippen molar-refractivity contribution in [2.45, 2.75) is 0 Å². The lowest BCUT2D eigenvalue weighted by molar-refractivity contribution is 0.368. The molecule has 0 saturated carbocycles. The Labute approximate surface area is 74.4 Å². The van der Waals surface area contributed by atoms with Crippen molar-refractivity contribution in [3.63, 3.8) is 0 Å². The fourth-order valence-corrected chi connectivity index (χ4v) is 0.947. The second-order valence-electron chi connectivity index (χ2n) is 2.42. The Hall–Kier alpha value is -1.27. The summed E-state index contributed by atoms with van der Waals surface area (Å²) in [5, 5.41) is 26.7. The number of halogens is 1. The second kappa shape index (κ2) is 3.63. The van der Waals surface area contributed by atoms with Crippen molar-refractivity contribution in [2.24, 2.45) is 0 Å². The SMILES string of the molecule is COc1cc(F)cc(B(O)O)c1O. The van der Waals surface area contributed by atoms with Gasteiger partial charge in [0.2, 0.25) is 0 Å². The summed E-state index contributed by atoms with van der Waals surface area (Å²) >= 11 is 0. The molecular formula is C7H8BFO4. The van der Waals surface area contributed by atoms with Crippen LogP contribution in [0, 0.1) is 5.82 Å². The van der Waals surface area contributed by atoms with Crippen LogP contribution in [0.15, 0.2) is 12.1 Å². The van der Waals surface area contributed by atoms with Crippen LogP contribution in [0.25, 0.3) is 0 Å². The van der Waals surface area contributed by atoms with Crippen molar-refractivity contribution in [1.29, 1.82) is 0 Å². The summed E-state index contributed by atoms with van der Waals surface area (Å²) in [5.74, 6) is -1.32. The average molecular weight is 186 g/mol. The first-order valence-electron chi connectivity index (χ1n) is 3.48. The van der Waals surface area contributed by atoms with Crippen molar-refractivity contribution < 1.29 is 24.3 Å². The Bertz CT molecular complexity index is 316. The maximum Gasteiger partial charge on any atom is 0.492 e. The fraction of sp³-hybridized carbons (Fsp3) is 0.143. The molecule has 13 heavy (non-hydrogen) atoms. The van der Waals surface area contributed by atoms with Crippen LogP contribution in [0.3, 0.4) is 0 Å². The molecule has 0 atom stereocenters. The molecule has 0 aromatic heterocycles. The van der Waals surface area contributed by atoms with Gasteiger partial charge >= 0.3 is 7.12 Å². The topological polar surface area (TPSA) is 69.9 Å². The van der Waals surface area contributed by atoms with Crippen molar-refractivity contribution in [1.82, 2.24) is 0 Å². The zero-order valence-corrected chi connectivity index (χ0v) is 6.86. The van der Waals surface area contributed by atoms with E-state index in [9.17, 15) is 9.50 Å². The molecular weight excluding hydrogens is 178 g/mol. The van der Waals surface area contributed by atoms with E-state index in [0.717, 1.165) is 12.1 Å². The first kappa shape index (κ1) is 9.82. The predicted molar refractivity (Wildman–Crippen MR) is 44.4 cm³/mol. The lowest BCUT2D eigenvalue weighted by atomic mass is 9.79. The van der Waals surface area contributed by atoms with Gasteiger partial charge in [-0.1, -0.05) is 0 Å². The van der Waals surface area contributed by atoms with Gasteiger partial charge in [-0.25, -0.2) is 4.39 Å². The molecule has 70 valence electrons. The Kier molecular flexibility index (Phi) is 2.74. The summed E-state index contributed by atoms with van der Waals surface area (Å²) in [5.41, 5.74) is -0.322. The van der Waals surface area contributed by atoms with Gasteiger partial charge in [0.1, 0.15) is 5.82 Å². The Morgan fingerprint density at radius 3 is 2.46 bits per heavy atom. The summed E-state index contributed by atoms with van der Waals surface area (Å²) < 4.78 is 17.3. The summed E-state index contributed by atoms with van der Waals surface area (Å²) in [6.45, 7) is 0. The maximum atomic E-state index is 12.7. The minimum Gasteiger partial charge on any atom is -0.505 e. The van der Waals surface area contributed by atoms with Crippen LogP contribution in [0.4, 0.5) is 4.39 Å². The molecule has 0 aliphatic rings. The molecule has 1 rings (SSSR count). The molecule has 0 bridgehead atoms. The summed E-state index contributed by atoms with van der Waals surface area (Å²) in [4.78, 5) is 0. The molecule has 0 unspecified atom stereocenters. The highest BCUT2D eigenvalue weighted by Gasteiger charge is 2.20. The van der Waals surface area contributed by atoms with Gasteiger partial charge in [0.05, 0.1) is 7.11 Å². The van der Waals surface area contributed by atoms with E-state index >= 15 is 0 Å². The van der Waals surface area contributed by atoms with E-state index in [1.165, 1.54) is 7.11 Å². The largest absolute Gasteiger partial charge is 0.505 e. The lowest BCUT2D eigenvalue weighted by Crippen LogP contribution is -2.30. The number of phenolic OH excluding ortho intramolecular Hbond substituents is 1. The van der Waals surface area contributed by atoms with Crippen LogP contribution in [0.2, 0.25) is 0 Å². The lowest BCUT2D eigenvalue weighted by Gasteiger charge is -2.07. The number of hydrogen-bond acceptors (Lipinski definition) is 4. The van der Waals surface area contributed by atoms with E-state index in [4.69, 9.17) is 10.0 Å². The third-order valence-corrected chi connectivity index (χ3v) is 1.57. The van der Waals surface area contributed by atoms with Crippen LogP contribution in [-0.2, 0) is 0 Å². The Balaban J connectivity index is 3.27. The van der Waals surface area contributed by atoms with Gasteiger partial charge in [-0.15, -0.1) is 0 Å². The Morgan fingerprint density at radius 1 is 1.38 bits per heavy atom. The number of rotatable bonds is 2. The normalized spacial score (nSPS) is 9.85. The first-order valence-corrected chi connectivity index (χ1v) is 3.48. The van der Waals surface area contributed by atoms with Gasteiger partial charge in [-0.2, -0.15) is 0 Å². The number of benzene rings is 1. The minimum atomic E-state index is -1.93. The first-order chi connectivity index (χ1) is 6.06. The highest BCUT2D eigenvalue weighted by molar-refractivity contribution is 6.59. The molecule has 0 aliphatic carbocycles. The van der Waals surface area contributed by atoms with Crippen molar-refractivity contribution in [2.75, 3.05) is 7.11 Å². The van der Waals surface area contributed by atoms with Gasteiger partial charge in [0.25, 0.3) is 0 Å². The number of aromatic hydroxyl groups is 1. The van der Waals surface area contributed by atoms with Gasteiger partial charge in [-0.05, 0) is 6.07 Å². The molecule has 0 spiro atoms. The summed E-state index contributed by atoms with van der Waals surface area (Å²) in [6, 6.07) is 1.77. The van der Waals surface area contributed by atoms with Gasteiger partial charge in [-0.3, -0.25) is 0 Å². The van der Waals surface area contributed by atoms with E-state index in [1.807, 2.05) is 0 Å². The molecule has 0 amide bonds. The molecule has 0 radical (unpaired) electrons. The molecule has 0 saturated heterocycles. The molecule has 1 aromatic rings. The van der Waals surface area contributed by atoms with Crippen LogP contribution < -0.4 is 10.2 Å². The highest BCUT2D eigenvalue weighted by Crippen LogP contribution is 2.23.